The van der Waals surface area contributed by atoms with Crippen molar-refractivity contribution in [3.05, 3.63) is 41.5 Å². The minimum absolute atomic E-state index is 0.138. The first-order valence-electron chi connectivity index (χ1n) is 14.4. The molecule has 2 bridgehead atoms. The minimum atomic E-state index is -4.33. The van der Waals surface area contributed by atoms with Crippen molar-refractivity contribution >= 4 is 50.3 Å². The highest BCUT2D eigenvalue weighted by Crippen LogP contribution is 2.86. The highest BCUT2D eigenvalue weighted by molar-refractivity contribution is 7.99. The maximum Gasteiger partial charge on any atom is 0.289 e. The summed E-state index contributed by atoms with van der Waals surface area (Å²) in [5, 5.41) is 1.76. The monoisotopic (exact) mass is 583 g/mol. The van der Waals surface area contributed by atoms with Crippen molar-refractivity contribution in [1.29, 1.82) is 0 Å². The number of unbranched alkanes of at least 4 members (excludes halogenated alkanes) is 1. The second-order valence-corrected chi connectivity index (χ2v) is 15.5. The topological polar surface area (TPSA) is 97.8 Å². The smallest absolute Gasteiger partial charge is 0.289 e. The third-order valence-electron chi connectivity index (χ3n) is 10.5. The molecular weight excluding hydrogens is 546 g/mol. The summed E-state index contributed by atoms with van der Waals surface area (Å²) in [6.45, 7) is 8.51. The number of imide groups is 1. The lowest BCUT2D eigenvalue weighted by Gasteiger charge is -2.28. The number of rotatable bonds is 11. The second-order valence-electron chi connectivity index (χ2n) is 12.9. The Morgan fingerprint density at radius 3 is 2.45 bits per heavy atom. The van der Waals surface area contributed by atoms with Crippen LogP contribution in [0.5, 0.6) is 0 Å². The Balaban J connectivity index is 1.24. The number of thioether (sulfide) groups is 1. The predicted molar refractivity (Wildman–Crippen MR) is 154 cm³/mol. The van der Waals surface area contributed by atoms with Gasteiger partial charge in [0.15, 0.2) is 0 Å². The molecule has 0 saturated heterocycles. The number of ketones is 1. The number of benzene rings is 2. The molecule has 4 atom stereocenters. The van der Waals surface area contributed by atoms with E-state index in [0.717, 1.165) is 22.5 Å². The average Bonchev–Trinajstić information content (AvgIpc) is 3.51. The van der Waals surface area contributed by atoms with Gasteiger partial charge in [-0.3, -0.25) is 14.4 Å². The van der Waals surface area contributed by atoms with Gasteiger partial charge in [0, 0.05) is 33.3 Å². The molecule has 0 N–H and O–H groups in total. The number of Topliss-reactive ketones (excluding diaryl/α,β-unsaturated/α-hetero) is 1. The van der Waals surface area contributed by atoms with E-state index in [1.807, 2.05) is 12.1 Å². The van der Waals surface area contributed by atoms with E-state index in [9.17, 15) is 22.8 Å². The standard InChI is InChI=1S/C31H37NO6S2/c1-5-7-9-19(6-2)16-39-24-13-12-23-26-21(24)10-8-11-22(26)27(34)32(28(23)35)38-40(36,37)18-30-15-20-14-25(33)31(30,17-30)29(20,3)4/h8,10-13,19-20H,5-7,9,14-18H2,1-4H3. The van der Waals surface area contributed by atoms with E-state index >= 15 is 0 Å². The summed E-state index contributed by atoms with van der Waals surface area (Å²) in [4.78, 5) is 40.9. The van der Waals surface area contributed by atoms with Crippen LogP contribution in [-0.2, 0) is 19.2 Å². The van der Waals surface area contributed by atoms with E-state index in [1.165, 1.54) is 19.3 Å². The number of carbonyl (C=O) groups is 3. The van der Waals surface area contributed by atoms with Crippen molar-refractivity contribution in [2.24, 2.45) is 28.1 Å². The van der Waals surface area contributed by atoms with Gasteiger partial charge in [0.1, 0.15) is 5.78 Å². The fourth-order valence-corrected chi connectivity index (χ4v) is 11.1. The van der Waals surface area contributed by atoms with Gasteiger partial charge in [-0.1, -0.05) is 59.1 Å². The van der Waals surface area contributed by atoms with Crippen molar-refractivity contribution in [3.63, 3.8) is 0 Å². The van der Waals surface area contributed by atoms with Crippen LogP contribution in [-0.4, -0.2) is 42.6 Å². The maximum atomic E-state index is 13.5. The van der Waals surface area contributed by atoms with Crippen molar-refractivity contribution in [3.8, 4) is 0 Å². The lowest BCUT2D eigenvalue weighted by atomic mass is 9.76. The molecule has 9 heteroatoms. The van der Waals surface area contributed by atoms with Crippen LogP contribution in [0.3, 0.4) is 0 Å². The Labute approximate surface area is 240 Å². The average molecular weight is 584 g/mol. The highest BCUT2D eigenvalue weighted by Gasteiger charge is 2.86. The largest absolute Gasteiger partial charge is 0.299 e. The SMILES string of the molecule is CCCCC(CC)CSc1ccc2c3c(cccc13)C(=O)N(OS(=O)(=O)CC13CC4CC(=O)C1(C3)C4(C)C)C2=O. The molecule has 2 aromatic rings. The molecular formula is C31H37NO6S2. The van der Waals surface area contributed by atoms with Gasteiger partial charge < -0.3 is 0 Å². The van der Waals surface area contributed by atoms with Gasteiger partial charge >= 0.3 is 0 Å². The molecule has 3 saturated carbocycles. The number of hydrogen-bond donors (Lipinski definition) is 0. The van der Waals surface area contributed by atoms with Crippen LogP contribution in [0.1, 0.15) is 93.4 Å². The van der Waals surface area contributed by atoms with E-state index in [4.69, 9.17) is 4.28 Å². The lowest BCUT2D eigenvalue weighted by molar-refractivity contribution is -0.125. The molecule has 4 aliphatic rings. The minimum Gasteiger partial charge on any atom is -0.299 e. The number of amides is 2. The summed E-state index contributed by atoms with van der Waals surface area (Å²) in [6, 6.07) is 8.83. The van der Waals surface area contributed by atoms with Crippen molar-refractivity contribution in [1.82, 2.24) is 5.06 Å². The van der Waals surface area contributed by atoms with Crippen LogP contribution >= 0.6 is 11.8 Å². The summed E-state index contributed by atoms with van der Waals surface area (Å²) in [5.74, 6) is -0.0998. The van der Waals surface area contributed by atoms with E-state index < -0.39 is 32.8 Å². The molecule has 3 fully saturated rings. The van der Waals surface area contributed by atoms with Crippen LogP contribution in [0, 0.1) is 28.1 Å². The first-order chi connectivity index (χ1) is 18.9. The van der Waals surface area contributed by atoms with E-state index in [1.54, 1.807) is 30.0 Å². The molecule has 0 radical (unpaired) electrons. The van der Waals surface area contributed by atoms with Gasteiger partial charge in [0.2, 0.25) is 0 Å². The summed E-state index contributed by atoms with van der Waals surface area (Å²) in [5.41, 5.74) is -1.07. The lowest BCUT2D eigenvalue weighted by Crippen LogP contribution is -2.43. The zero-order valence-corrected chi connectivity index (χ0v) is 25.3. The van der Waals surface area contributed by atoms with Gasteiger partial charge in [-0.2, -0.15) is 8.42 Å². The fraction of sp³-hybridized carbons (Fsp3) is 0.581. The maximum absolute atomic E-state index is 13.5. The van der Waals surface area contributed by atoms with Crippen LogP contribution in [0.25, 0.3) is 10.8 Å². The summed E-state index contributed by atoms with van der Waals surface area (Å²) >= 11 is 1.73. The zero-order valence-electron chi connectivity index (χ0n) is 23.6. The summed E-state index contributed by atoms with van der Waals surface area (Å²) in [7, 11) is -4.33. The Hall–Kier alpha value is -2.23. The molecule has 6 rings (SSSR count). The molecule has 1 aliphatic heterocycles. The number of fused-ring (bicyclic) bond motifs is 1. The highest BCUT2D eigenvalue weighted by atomic mass is 32.2. The fourth-order valence-electron chi connectivity index (χ4n) is 8.23. The van der Waals surface area contributed by atoms with E-state index in [-0.39, 0.29) is 34.0 Å². The number of carbonyl (C=O) groups excluding carboxylic acids is 3. The van der Waals surface area contributed by atoms with Gasteiger partial charge in [0.25, 0.3) is 21.9 Å². The molecule has 1 heterocycles. The van der Waals surface area contributed by atoms with Crippen LogP contribution < -0.4 is 0 Å². The summed E-state index contributed by atoms with van der Waals surface area (Å²) in [6.07, 6.45) is 6.30. The van der Waals surface area contributed by atoms with Crippen molar-refractivity contribution in [2.45, 2.75) is 77.5 Å². The molecule has 2 amide bonds. The third-order valence-corrected chi connectivity index (χ3v) is 13.1. The van der Waals surface area contributed by atoms with Gasteiger partial charge in [-0.15, -0.1) is 21.1 Å². The molecule has 1 spiro atoms. The third kappa shape index (κ3) is 3.87. The molecule has 0 aromatic heterocycles. The van der Waals surface area contributed by atoms with Crippen molar-refractivity contribution in [2.75, 3.05) is 11.5 Å². The molecule has 2 aromatic carbocycles. The van der Waals surface area contributed by atoms with Crippen molar-refractivity contribution < 1.29 is 27.1 Å². The second kappa shape index (κ2) is 9.39. The Kier molecular flexibility index (Phi) is 6.56. The molecule has 40 heavy (non-hydrogen) atoms. The van der Waals surface area contributed by atoms with Crippen LogP contribution in [0.2, 0.25) is 0 Å². The first-order valence-corrected chi connectivity index (χ1v) is 17.0. The number of nitrogens with zero attached hydrogens (tertiary/aromatic N) is 1. The van der Waals surface area contributed by atoms with Gasteiger partial charge in [0.05, 0.1) is 16.9 Å². The predicted octanol–water partition coefficient (Wildman–Crippen LogP) is 6.40. The van der Waals surface area contributed by atoms with E-state index in [0.29, 0.717) is 35.6 Å². The molecule has 7 nitrogen and oxygen atoms in total. The Morgan fingerprint density at radius 2 is 1.80 bits per heavy atom. The molecule has 3 aliphatic carbocycles. The first kappa shape index (κ1) is 27.9. The molecule has 214 valence electrons. The van der Waals surface area contributed by atoms with Gasteiger partial charge in [-0.25, -0.2) is 0 Å². The van der Waals surface area contributed by atoms with Crippen LogP contribution in [0.4, 0.5) is 0 Å². The Morgan fingerprint density at radius 1 is 1.07 bits per heavy atom. The zero-order chi connectivity index (χ0) is 28.7. The van der Waals surface area contributed by atoms with E-state index in [2.05, 4.69) is 27.7 Å². The Bertz CT molecular complexity index is 1530. The molecule has 4 unspecified atom stereocenters. The number of hydroxylamine groups is 2. The number of hydrogen-bond acceptors (Lipinski definition) is 7. The summed E-state index contributed by atoms with van der Waals surface area (Å²) < 4.78 is 32.0. The van der Waals surface area contributed by atoms with Gasteiger partial charge in [-0.05, 0) is 60.1 Å². The quantitative estimate of drug-likeness (QED) is 0.223. The normalized spacial score (nSPS) is 28.9. The van der Waals surface area contributed by atoms with Crippen LogP contribution in [0.15, 0.2) is 35.2 Å².